The van der Waals surface area contributed by atoms with Crippen LogP contribution in [0.3, 0.4) is 0 Å². The third kappa shape index (κ3) is 4.57. The van der Waals surface area contributed by atoms with Gasteiger partial charge in [0.1, 0.15) is 0 Å². The van der Waals surface area contributed by atoms with Gasteiger partial charge in [-0.25, -0.2) is 8.42 Å². The van der Waals surface area contributed by atoms with Gasteiger partial charge in [-0.3, -0.25) is 9.78 Å². The standard InChI is InChI=1S/C24H17Cl3N2O3S/c1-2-33(31,32)20-10-8-17(21(26)22(20)27)24(30)29-15-7-9-19(25)18(13-15)23-16-6-4-3-5-14(16)11-12-28-23/h3-13H,2H2,1H3,(H,29,30). The maximum Gasteiger partial charge on any atom is 0.257 e. The van der Waals surface area contributed by atoms with E-state index in [2.05, 4.69) is 10.3 Å². The molecule has 0 aliphatic heterocycles. The average molecular weight is 520 g/mol. The summed E-state index contributed by atoms with van der Waals surface area (Å²) >= 11 is 18.9. The van der Waals surface area contributed by atoms with Crippen LogP contribution in [-0.4, -0.2) is 25.1 Å². The van der Waals surface area contributed by atoms with E-state index in [1.165, 1.54) is 19.1 Å². The molecule has 0 unspecified atom stereocenters. The molecule has 0 spiro atoms. The number of rotatable bonds is 5. The molecule has 168 valence electrons. The molecule has 5 nitrogen and oxygen atoms in total. The van der Waals surface area contributed by atoms with Gasteiger partial charge in [-0.15, -0.1) is 0 Å². The Kier molecular flexibility index (Phi) is 6.64. The summed E-state index contributed by atoms with van der Waals surface area (Å²) in [4.78, 5) is 17.3. The number of hydrogen-bond acceptors (Lipinski definition) is 4. The normalized spacial score (nSPS) is 11.5. The van der Waals surface area contributed by atoms with Gasteiger partial charge in [0, 0.05) is 22.8 Å². The zero-order valence-corrected chi connectivity index (χ0v) is 20.4. The summed E-state index contributed by atoms with van der Waals surface area (Å²) in [6, 6.07) is 17.4. The molecule has 4 aromatic rings. The first kappa shape index (κ1) is 23.5. The molecule has 1 aromatic heterocycles. The second-order valence-corrected chi connectivity index (χ2v) is 10.6. The first-order valence-electron chi connectivity index (χ1n) is 9.88. The molecule has 0 saturated carbocycles. The van der Waals surface area contributed by atoms with E-state index in [0.29, 0.717) is 22.0 Å². The summed E-state index contributed by atoms with van der Waals surface area (Å²) in [5.41, 5.74) is 1.85. The van der Waals surface area contributed by atoms with Crippen LogP contribution in [0.25, 0.3) is 22.0 Å². The molecular weight excluding hydrogens is 503 g/mol. The molecule has 0 aliphatic carbocycles. The summed E-state index contributed by atoms with van der Waals surface area (Å²) in [5, 5.41) is 4.87. The Morgan fingerprint density at radius 2 is 1.73 bits per heavy atom. The number of benzene rings is 3. The molecule has 1 amide bonds. The number of nitrogens with zero attached hydrogens (tertiary/aromatic N) is 1. The van der Waals surface area contributed by atoms with Crippen molar-refractivity contribution >= 4 is 67.0 Å². The third-order valence-corrected chi connectivity index (χ3v) is 8.25. The van der Waals surface area contributed by atoms with Gasteiger partial charge in [0.25, 0.3) is 5.91 Å². The van der Waals surface area contributed by atoms with E-state index in [0.717, 1.165) is 10.8 Å². The van der Waals surface area contributed by atoms with Crippen molar-refractivity contribution in [3.8, 4) is 11.3 Å². The zero-order chi connectivity index (χ0) is 23.8. The van der Waals surface area contributed by atoms with Crippen LogP contribution in [-0.2, 0) is 9.84 Å². The number of amides is 1. The van der Waals surface area contributed by atoms with E-state index in [-0.39, 0.29) is 26.3 Å². The predicted molar refractivity (Wildman–Crippen MR) is 134 cm³/mol. The van der Waals surface area contributed by atoms with Crippen LogP contribution in [0.2, 0.25) is 15.1 Å². The van der Waals surface area contributed by atoms with Crippen LogP contribution in [0.15, 0.2) is 71.8 Å². The van der Waals surface area contributed by atoms with Crippen molar-refractivity contribution in [2.24, 2.45) is 0 Å². The summed E-state index contributed by atoms with van der Waals surface area (Å²) < 4.78 is 24.4. The minimum Gasteiger partial charge on any atom is -0.322 e. The molecule has 1 heterocycles. The molecule has 1 N–H and O–H groups in total. The van der Waals surface area contributed by atoms with E-state index >= 15 is 0 Å². The monoisotopic (exact) mass is 518 g/mol. The number of hydrogen-bond donors (Lipinski definition) is 1. The van der Waals surface area contributed by atoms with Crippen molar-refractivity contribution in [3.05, 3.63) is 87.5 Å². The number of carbonyl (C=O) groups is 1. The molecule has 0 aliphatic rings. The molecule has 3 aromatic carbocycles. The molecule has 0 bridgehead atoms. The SMILES string of the molecule is CCS(=O)(=O)c1ccc(C(=O)Nc2ccc(Cl)c(-c3nccc4ccccc34)c2)c(Cl)c1Cl. The van der Waals surface area contributed by atoms with Gasteiger partial charge in [0.15, 0.2) is 9.84 Å². The molecule has 0 saturated heterocycles. The maximum absolute atomic E-state index is 12.9. The lowest BCUT2D eigenvalue weighted by molar-refractivity contribution is 0.102. The van der Waals surface area contributed by atoms with E-state index in [1.807, 2.05) is 30.3 Å². The highest BCUT2D eigenvalue weighted by Crippen LogP contribution is 2.35. The van der Waals surface area contributed by atoms with Crippen LogP contribution < -0.4 is 5.32 Å². The number of halogens is 3. The maximum atomic E-state index is 12.9. The summed E-state index contributed by atoms with van der Waals surface area (Å²) in [6.07, 6.45) is 1.70. The fourth-order valence-electron chi connectivity index (χ4n) is 3.42. The van der Waals surface area contributed by atoms with Crippen LogP contribution in [0.5, 0.6) is 0 Å². The zero-order valence-electron chi connectivity index (χ0n) is 17.3. The number of aromatic nitrogens is 1. The van der Waals surface area contributed by atoms with Crippen molar-refractivity contribution in [2.45, 2.75) is 11.8 Å². The Labute approximate surface area is 206 Å². The van der Waals surface area contributed by atoms with Gasteiger partial charge < -0.3 is 5.32 Å². The summed E-state index contributed by atoms with van der Waals surface area (Å²) in [6.45, 7) is 1.50. The molecule has 9 heteroatoms. The smallest absolute Gasteiger partial charge is 0.257 e. The Morgan fingerprint density at radius 3 is 2.48 bits per heavy atom. The van der Waals surface area contributed by atoms with Gasteiger partial charge in [0.2, 0.25) is 0 Å². The van der Waals surface area contributed by atoms with Gasteiger partial charge in [-0.1, -0.05) is 66.0 Å². The van der Waals surface area contributed by atoms with Crippen molar-refractivity contribution in [1.82, 2.24) is 4.98 Å². The largest absolute Gasteiger partial charge is 0.322 e. The Bertz CT molecular complexity index is 1500. The van der Waals surface area contributed by atoms with Crippen molar-refractivity contribution in [2.75, 3.05) is 11.1 Å². The Balaban J connectivity index is 1.70. The summed E-state index contributed by atoms with van der Waals surface area (Å²) in [5.74, 6) is -0.675. The minimum atomic E-state index is -3.58. The summed E-state index contributed by atoms with van der Waals surface area (Å²) in [7, 11) is -3.58. The highest BCUT2D eigenvalue weighted by atomic mass is 35.5. The van der Waals surface area contributed by atoms with Crippen molar-refractivity contribution in [3.63, 3.8) is 0 Å². The van der Waals surface area contributed by atoms with E-state index < -0.39 is 15.7 Å². The molecule has 0 fully saturated rings. The van der Waals surface area contributed by atoms with Crippen LogP contribution >= 0.6 is 34.8 Å². The fraction of sp³-hybridized carbons (Fsp3) is 0.0833. The lowest BCUT2D eigenvalue weighted by Gasteiger charge is -2.13. The number of fused-ring (bicyclic) bond motifs is 1. The third-order valence-electron chi connectivity index (χ3n) is 5.16. The average Bonchev–Trinajstić information content (AvgIpc) is 2.81. The first-order valence-corrected chi connectivity index (χ1v) is 12.7. The highest BCUT2D eigenvalue weighted by Gasteiger charge is 2.22. The number of anilines is 1. The van der Waals surface area contributed by atoms with Crippen molar-refractivity contribution < 1.29 is 13.2 Å². The topological polar surface area (TPSA) is 76.1 Å². The molecular formula is C24H17Cl3N2O3S. The van der Waals surface area contributed by atoms with E-state index in [9.17, 15) is 13.2 Å². The van der Waals surface area contributed by atoms with Crippen LogP contribution in [0, 0.1) is 0 Å². The fourth-order valence-corrected chi connectivity index (χ4v) is 5.41. The molecule has 4 rings (SSSR count). The Morgan fingerprint density at radius 1 is 0.970 bits per heavy atom. The van der Waals surface area contributed by atoms with Gasteiger partial charge in [-0.05, 0) is 41.8 Å². The minimum absolute atomic E-state index is 0.0523. The second kappa shape index (κ2) is 9.31. The van der Waals surface area contributed by atoms with Gasteiger partial charge in [-0.2, -0.15) is 0 Å². The van der Waals surface area contributed by atoms with Crippen LogP contribution in [0.4, 0.5) is 5.69 Å². The van der Waals surface area contributed by atoms with Gasteiger partial charge in [0.05, 0.1) is 37.0 Å². The number of nitrogens with one attached hydrogen (secondary N) is 1. The van der Waals surface area contributed by atoms with E-state index in [4.69, 9.17) is 34.8 Å². The highest BCUT2D eigenvalue weighted by molar-refractivity contribution is 7.91. The van der Waals surface area contributed by atoms with E-state index in [1.54, 1.807) is 24.4 Å². The lowest BCUT2D eigenvalue weighted by atomic mass is 10.0. The lowest BCUT2D eigenvalue weighted by Crippen LogP contribution is -2.14. The predicted octanol–water partition coefficient (Wildman–Crippen LogP) is 6.91. The van der Waals surface area contributed by atoms with Crippen molar-refractivity contribution in [1.29, 1.82) is 0 Å². The van der Waals surface area contributed by atoms with Crippen LogP contribution in [0.1, 0.15) is 17.3 Å². The number of pyridine rings is 1. The molecule has 0 radical (unpaired) electrons. The number of carbonyl (C=O) groups excluding carboxylic acids is 1. The molecule has 33 heavy (non-hydrogen) atoms. The number of sulfone groups is 1. The second-order valence-electron chi connectivity index (χ2n) is 7.17. The Hall–Kier alpha value is -2.64. The first-order chi connectivity index (χ1) is 15.7. The quantitative estimate of drug-likeness (QED) is 0.311. The molecule has 0 atom stereocenters. The van der Waals surface area contributed by atoms with Gasteiger partial charge >= 0.3 is 0 Å².